The van der Waals surface area contributed by atoms with Crippen LogP contribution < -0.4 is 4.74 Å². The number of hydrogen-bond acceptors (Lipinski definition) is 3. The number of amides is 1. The highest BCUT2D eigenvalue weighted by atomic mass is 16.5. The Morgan fingerprint density at radius 2 is 1.72 bits per heavy atom. The van der Waals surface area contributed by atoms with E-state index in [0.29, 0.717) is 13.1 Å². The van der Waals surface area contributed by atoms with Crippen molar-refractivity contribution < 1.29 is 14.3 Å². The summed E-state index contributed by atoms with van der Waals surface area (Å²) in [5, 5.41) is 0. The quantitative estimate of drug-likeness (QED) is 0.859. The zero-order valence-corrected chi connectivity index (χ0v) is 15.6. The summed E-state index contributed by atoms with van der Waals surface area (Å²) in [6, 6.07) is 9.85. The number of ether oxygens (including phenoxy) is 2. The summed E-state index contributed by atoms with van der Waals surface area (Å²) in [5.41, 5.74) is 3.79. The minimum Gasteiger partial charge on any atom is -0.497 e. The Morgan fingerprint density at radius 3 is 2.28 bits per heavy atom. The maximum atomic E-state index is 13.0. The molecule has 1 fully saturated rings. The molecule has 1 aromatic heterocycles. The minimum atomic E-state index is 0.0674. The number of aryl methyl sites for hydroxylation is 1. The summed E-state index contributed by atoms with van der Waals surface area (Å²) in [5.74, 6) is 0.897. The van der Waals surface area contributed by atoms with E-state index in [-0.39, 0.29) is 18.1 Å². The van der Waals surface area contributed by atoms with E-state index < -0.39 is 0 Å². The molecule has 134 valence electrons. The molecule has 1 aliphatic heterocycles. The van der Waals surface area contributed by atoms with Crippen LogP contribution in [-0.2, 0) is 4.74 Å². The third-order valence-corrected chi connectivity index (χ3v) is 4.70. The van der Waals surface area contributed by atoms with Gasteiger partial charge in [0.15, 0.2) is 0 Å². The molecule has 0 N–H and O–H groups in total. The van der Waals surface area contributed by atoms with E-state index in [0.717, 1.165) is 28.4 Å². The lowest BCUT2D eigenvalue weighted by Gasteiger charge is -2.35. The van der Waals surface area contributed by atoms with Crippen LogP contribution in [0.25, 0.3) is 5.69 Å². The standard InChI is InChI=1S/C20H26N2O3/c1-13-10-19(20(23)21-11-14(2)25-15(3)12-21)16(4)22(13)17-6-8-18(24-5)9-7-17/h6-10,14-15H,11-12H2,1-5H3/t14-,15-/m0/s1. The molecule has 5 nitrogen and oxygen atoms in total. The summed E-state index contributed by atoms with van der Waals surface area (Å²) in [6.07, 6.45) is 0.135. The Kier molecular flexibility index (Phi) is 4.86. The van der Waals surface area contributed by atoms with Crippen molar-refractivity contribution in [3.05, 3.63) is 47.3 Å². The molecule has 5 heteroatoms. The van der Waals surface area contributed by atoms with Gasteiger partial charge >= 0.3 is 0 Å². The number of rotatable bonds is 3. The van der Waals surface area contributed by atoms with E-state index in [9.17, 15) is 4.79 Å². The van der Waals surface area contributed by atoms with Crippen molar-refractivity contribution in [1.82, 2.24) is 9.47 Å². The molecule has 1 aliphatic rings. The Hall–Kier alpha value is -2.27. The molecule has 2 heterocycles. The normalized spacial score (nSPS) is 20.6. The van der Waals surface area contributed by atoms with Gasteiger partial charge in [-0.3, -0.25) is 4.79 Å². The lowest BCUT2D eigenvalue weighted by molar-refractivity contribution is -0.0586. The third kappa shape index (κ3) is 3.42. The van der Waals surface area contributed by atoms with Gasteiger partial charge in [-0.2, -0.15) is 0 Å². The van der Waals surface area contributed by atoms with E-state index in [2.05, 4.69) is 4.57 Å². The smallest absolute Gasteiger partial charge is 0.255 e. The van der Waals surface area contributed by atoms with Crippen LogP contribution in [0.4, 0.5) is 0 Å². The molecule has 0 bridgehead atoms. The lowest BCUT2D eigenvalue weighted by Crippen LogP contribution is -2.48. The largest absolute Gasteiger partial charge is 0.497 e. The number of benzene rings is 1. The first kappa shape index (κ1) is 17.5. The molecule has 0 spiro atoms. The van der Waals surface area contributed by atoms with Crippen LogP contribution in [0.3, 0.4) is 0 Å². The molecular weight excluding hydrogens is 316 g/mol. The second-order valence-electron chi connectivity index (χ2n) is 6.79. The summed E-state index contributed by atoms with van der Waals surface area (Å²) in [6.45, 7) is 9.31. The van der Waals surface area contributed by atoms with Crippen molar-refractivity contribution >= 4 is 5.91 Å². The first-order valence-electron chi connectivity index (χ1n) is 8.68. The fraction of sp³-hybridized carbons (Fsp3) is 0.450. The summed E-state index contributed by atoms with van der Waals surface area (Å²) in [7, 11) is 1.66. The van der Waals surface area contributed by atoms with Gasteiger partial charge in [0.2, 0.25) is 0 Å². The monoisotopic (exact) mass is 342 g/mol. The number of carbonyl (C=O) groups excluding carboxylic acids is 1. The molecule has 0 aliphatic carbocycles. The summed E-state index contributed by atoms with van der Waals surface area (Å²) >= 11 is 0. The third-order valence-electron chi connectivity index (χ3n) is 4.70. The van der Waals surface area contributed by atoms with Crippen LogP contribution >= 0.6 is 0 Å². The fourth-order valence-electron chi connectivity index (χ4n) is 3.62. The van der Waals surface area contributed by atoms with Gasteiger partial charge in [0.05, 0.1) is 24.9 Å². The molecule has 2 aromatic rings. The van der Waals surface area contributed by atoms with E-state index in [1.165, 1.54) is 0 Å². The van der Waals surface area contributed by atoms with Gasteiger partial charge in [-0.1, -0.05) is 0 Å². The van der Waals surface area contributed by atoms with Gasteiger partial charge < -0.3 is 18.9 Å². The van der Waals surface area contributed by atoms with Crippen molar-refractivity contribution in [1.29, 1.82) is 0 Å². The minimum absolute atomic E-state index is 0.0674. The van der Waals surface area contributed by atoms with E-state index in [1.807, 2.05) is 62.9 Å². The second kappa shape index (κ2) is 6.92. The Balaban J connectivity index is 1.92. The van der Waals surface area contributed by atoms with Crippen LogP contribution in [0.15, 0.2) is 30.3 Å². The van der Waals surface area contributed by atoms with Crippen LogP contribution in [0.1, 0.15) is 35.6 Å². The van der Waals surface area contributed by atoms with Gasteiger partial charge in [-0.25, -0.2) is 0 Å². The molecule has 1 aromatic carbocycles. The van der Waals surface area contributed by atoms with Crippen molar-refractivity contribution in [2.45, 2.75) is 39.9 Å². The van der Waals surface area contributed by atoms with Crippen molar-refractivity contribution in [3.63, 3.8) is 0 Å². The molecule has 0 saturated carbocycles. The fourth-order valence-corrected chi connectivity index (χ4v) is 3.62. The molecule has 1 saturated heterocycles. The molecule has 2 atom stereocenters. The molecule has 3 rings (SSSR count). The van der Waals surface area contributed by atoms with Crippen molar-refractivity contribution in [3.8, 4) is 11.4 Å². The second-order valence-corrected chi connectivity index (χ2v) is 6.79. The van der Waals surface area contributed by atoms with Crippen molar-refractivity contribution in [2.75, 3.05) is 20.2 Å². The van der Waals surface area contributed by atoms with E-state index >= 15 is 0 Å². The number of aromatic nitrogens is 1. The summed E-state index contributed by atoms with van der Waals surface area (Å²) in [4.78, 5) is 14.9. The topological polar surface area (TPSA) is 43.7 Å². The predicted octanol–water partition coefficient (Wildman–Crippen LogP) is 3.35. The van der Waals surface area contributed by atoms with Gasteiger partial charge in [0.1, 0.15) is 5.75 Å². The van der Waals surface area contributed by atoms with Gasteiger partial charge in [0.25, 0.3) is 5.91 Å². The SMILES string of the molecule is COc1ccc(-n2c(C)cc(C(=O)N3C[C@H](C)O[C@@H](C)C3)c2C)cc1. The number of hydrogen-bond donors (Lipinski definition) is 0. The Morgan fingerprint density at radius 1 is 1.12 bits per heavy atom. The van der Waals surface area contributed by atoms with Crippen molar-refractivity contribution in [2.24, 2.45) is 0 Å². The maximum absolute atomic E-state index is 13.0. The highest BCUT2D eigenvalue weighted by Gasteiger charge is 2.28. The van der Waals surface area contributed by atoms with E-state index in [4.69, 9.17) is 9.47 Å². The zero-order chi connectivity index (χ0) is 18.1. The van der Waals surface area contributed by atoms with Crippen LogP contribution in [0.2, 0.25) is 0 Å². The van der Waals surface area contributed by atoms with Gasteiger partial charge in [-0.15, -0.1) is 0 Å². The van der Waals surface area contributed by atoms with Gasteiger partial charge in [0, 0.05) is 30.2 Å². The number of nitrogens with zero attached hydrogens (tertiary/aromatic N) is 2. The molecular formula is C20H26N2O3. The number of methoxy groups -OCH3 is 1. The predicted molar refractivity (Wildman–Crippen MR) is 97.7 cm³/mol. The highest BCUT2D eigenvalue weighted by Crippen LogP contribution is 2.24. The van der Waals surface area contributed by atoms with Gasteiger partial charge in [-0.05, 0) is 58.0 Å². The zero-order valence-electron chi connectivity index (χ0n) is 15.6. The highest BCUT2D eigenvalue weighted by molar-refractivity contribution is 5.96. The first-order valence-corrected chi connectivity index (χ1v) is 8.68. The first-order chi connectivity index (χ1) is 11.9. The van der Waals surface area contributed by atoms with Crippen LogP contribution in [-0.4, -0.2) is 47.8 Å². The molecule has 0 radical (unpaired) electrons. The Labute approximate surface area is 149 Å². The molecule has 1 amide bonds. The summed E-state index contributed by atoms with van der Waals surface area (Å²) < 4.78 is 13.1. The van der Waals surface area contributed by atoms with Crippen LogP contribution in [0.5, 0.6) is 5.75 Å². The number of carbonyl (C=O) groups is 1. The lowest BCUT2D eigenvalue weighted by atomic mass is 10.1. The Bertz CT molecular complexity index is 754. The van der Waals surface area contributed by atoms with E-state index in [1.54, 1.807) is 7.11 Å². The maximum Gasteiger partial charge on any atom is 0.255 e. The number of morpholine rings is 1. The molecule has 25 heavy (non-hydrogen) atoms. The average Bonchev–Trinajstić information content (AvgIpc) is 2.88. The average molecular weight is 342 g/mol. The molecule has 0 unspecified atom stereocenters. The van der Waals surface area contributed by atoms with Crippen LogP contribution in [0, 0.1) is 13.8 Å².